The van der Waals surface area contributed by atoms with Crippen LogP contribution >= 0.6 is 11.8 Å². The number of H-pyrrole nitrogens is 1. The number of piperidine rings is 1. The maximum absolute atomic E-state index is 12.7. The Balaban J connectivity index is 1.68. The molecule has 3 heterocycles. The van der Waals surface area contributed by atoms with Crippen molar-refractivity contribution in [2.75, 3.05) is 18.8 Å². The van der Waals surface area contributed by atoms with E-state index in [1.165, 1.54) is 11.8 Å². The third kappa shape index (κ3) is 3.94. The molecule has 7 nitrogen and oxygen atoms in total. The normalized spacial score (nSPS) is 15.2. The molecular formula is C21H26N6OS. The summed E-state index contributed by atoms with van der Waals surface area (Å²) in [6.45, 7) is 7.81. The molecule has 1 aromatic carbocycles. The lowest BCUT2D eigenvalue weighted by Crippen LogP contribution is -2.39. The summed E-state index contributed by atoms with van der Waals surface area (Å²) in [7, 11) is 0. The molecule has 1 amide bonds. The largest absolute Gasteiger partial charge is 0.342 e. The Labute approximate surface area is 174 Å². The molecule has 0 unspecified atom stereocenters. The second kappa shape index (κ2) is 8.02. The van der Waals surface area contributed by atoms with Crippen LogP contribution < -0.4 is 5.49 Å². The average Bonchev–Trinajstić information content (AvgIpc) is 3.07. The first kappa shape index (κ1) is 19.7. The predicted molar refractivity (Wildman–Crippen MR) is 114 cm³/mol. The van der Waals surface area contributed by atoms with Crippen molar-refractivity contribution in [2.45, 2.75) is 38.8 Å². The molecule has 0 saturated carbocycles. The fourth-order valence-corrected chi connectivity index (χ4v) is 4.62. The maximum Gasteiger partial charge on any atom is 0.233 e. The zero-order chi connectivity index (χ0) is 20.5. The van der Waals surface area contributed by atoms with Gasteiger partial charge < -0.3 is 4.90 Å². The van der Waals surface area contributed by atoms with Gasteiger partial charge in [-0.3, -0.25) is 19.9 Å². The third-order valence-corrected chi connectivity index (χ3v) is 6.43. The first-order valence-corrected chi connectivity index (χ1v) is 10.9. The summed E-state index contributed by atoms with van der Waals surface area (Å²) in [4.78, 5) is 19.4. The van der Waals surface area contributed by atoms with E-state index < -0.39 is 0 Å². The van der Waals surface area contributed by atoms with Gasteiger partial charge in [0.25, 0.3) is 0 Å². The number of carbonyl (C=O) groups excluding carboxylic acids is 1. The molecule has 2 aromatic heterocycles. The number of aryl methyl sites for hydroxylation is 2. The highest BCUT2D eigenvalue weighted by Crippen LogP contribution is 2.23. The number of hydrogen-bond donors (Lipinski definition) is 2. The monoisotopic (exact) mass is 410 g/mol. The van der Waals surface area contributed by atoms with E-state index in [9.17, 15) is 4.79 Å². The van der Waals surface area contributed by atoms with E-state index in [1.807, 2.05) is 47.6 Å². The number of aromatic amines is 1. The first-order chi connectivity index (χ1) is 13.9. The van der Waals surface area contributed by atoms with Crippen LogP contribution in [0, 0.1) is 25.2 Å². The molecule has 0 bridgehead atoms. The fourth-order valence-electron chi connectivity index (χ4n) is 3.71. The Hall–Kier alpha value is -2.61. The van der Waals surface area contributed by atoms with Crippen molar-refractivity contribution in [3.05, 3.63) is 41.0 Å². The van der Waals surface area contributed by atoms with Gasteiger partial charge in [-0.1, -0.05) is 30.8 Å². The summed E-state index contributed by atoms with van der Waals surface area (Å²) in [5.74, 6) is 1.12. The van der Waals surface area contributed by atoms with Crippen LogP contribution in [0.2, 0.25) is 0 Å². The predicted octanol–water partition coefficient (Wildman–Crippen LogP) is 3.20. The van der Waals surface area contributed by atoms with E-state index in [2.05, 4.69) is 22.1 Å². The Morgan fingerprint density at radius 2 is 2.07 bits per heavy atom. The zero-order valence-corrected chi connectivity index (χ0v) is 17.8. The van der Waals surface area contributed by atoms with Crippen LogP contribution in [0.5, 0.6) is 0 Å². The Morgan fingerprint density at radius 3 is 2.79 bits per heavy atom. The molecule has 4 rings (SSSR count). The highest BCUT2D eigenvalue weighted by atomic mass is 32.2. The summed E-state index contributed by atoms with van der Waals surface area (Å²) >= 11 is 1.38. The summed E-state index contributed by atoms with van der Waals surface area (Å²) in [6.07, 6.45) is 2.13. The van der Waals surface area contributed by atoms with Crippen molar-refractivity contribution in [1.29, 1.82) is 5.41 Å². The zero-order valence-electron chi connectivity index (χ0n) is 17.0. The maximum atomic E-state index is 12.7. The summed E-state index contributed by atoms with van der Waals surface area (Å²) in [6, 6.07) is 7.99. The van der Waals surface area contributed by atoms with Crippen molar-refractivity contribution in [3.8, 4) is 5.69 Å². The van der Waals surface area contributed by atoms with E-state index >= 15 is 0 Å². The minimum absolute atomic E-state index is 0.129. The van der Waals surface area contributed by atoms with Gasteiger partial charge in [-0.2, -0.15) is 5.10 Å². The van der Waals surface area contributed by atoms with Crippen molar-refractivity contribution in [1.82, 2.24) is 24.6 Å². The Morgan fingerprint density at radius 1 is 1.31 bits per heavy atom. The molecule has 3 aromatic rings. The van der Waals surface area contributed by atoms with Crippen LogP contribution in [0.1, 0.15) is 31.0 Å². The Bertz CT molecular complexity index is 1110. The molecule has 1 aliphatic rings. The van der Waals surface area contributed by atoms with Crippen LogP contribution in [0.15, 0.2) is 29.4 Å². The second-order valence-corrected chi connectivity index (χ2v) is 8.76. The molecule has 0 radical (unpaired) electrons. The molecule has 2 N–H and O–H groups in total. The second-order valence-electron chi connectivity index (χ2n) is 7.82. The average molecular weight is 411 g/mol. The number of fused-ring (bicyclic) bond motifs is 1. The van der Waals surface area contributed by atoms with Crippen molar-refractivity contribution < 1.29 is 4.79 Å². The SMILES string of the molecule is Cc1cccc(-n2c(SCC(=O)N3CCC(C)CC3)nc3n[nH]c(C)c3c2=N)c1. The lowest BCUT2D eigenvalue weighted by atomic mass is 9.99. The van der Waals surface area contributed by atoms with E-state index in [-0.39, 0.29) is 5.91 Å². The number of carbonyl (C=O) groups is 1. The summed E-state index contributed by atoms with van der Waals surface area (Å²) in [5, 5.41) is 17.3. The minimum atomic E-state index is 0.129. The van der Waals surface area contributed by atoms with Gasteiger partial charge in [0.15, 0.2) is 10.8 Å². The van der Waals surface area contributed by atoms with Gasteiger partial charge in [0.05, 0.1) is 11.1 Å². The molecule has 0 aliphatic carbocycles. The standard InChI is InChI=1S/C21H26N6OS/c1-13-7-9-26(10-8-13)17(28)12-29-21-23-20-18(15(3)24-25-20)19(22)27(21)16-6-4-5-14(2)11-16/h4-6,11,13,22H,7-10,12H2,1-3H3,(H,24,25). The number of thioether (sulfide) groups is 1. The molecule has 29 heavy (non-hydrogen) atoms. The number of benzene rings is 1. The molecule has 0 atom stereocenters. The fraction of sp³-hybridized carbons (Fsp3) is 0.429. The smallest absolute Gasteiger partial charge is 0.233 e. The molecule has 1 fully saturated rings. The quantitative estimate of drug-likeness (QED) is 0.510. The van der Waals surface area contributed by atoms with Crippen LogP contribution in [0.25, 0.3) is 16.7 Å². The number of nitrogens with one attached hydrogen (secondary N) is 2. The topological polar surface area (TPSA) is 90.7 Å². The summed E-state index contributed by atoms with van der Waals surface area (Å²) in [5.41, 5.74) is 3.63. The summed E-state index contributed by atoms with van der Waals surface area (Å²) < 4.78 is 1.81. The van der Waals surface area contributed by atoms with Crippen LogP contribution in [-0.2, 0) is 4.79 Å². The van der Waals surface area contributed by atoms with Crippen molar-refractivity contribution in [3.63, 3.8) is 0 Å². The lowest BCUT2D eigenvalue weighted by molar-refractivity contribution is -0.129. The van der Waals surface area contributed by atoms with Gasteiger partial charge >= 0.3 is 0 Å². The van der Waals surface area contributed by atoms with Crippen LogP contribution in [0.4, 0.5) is 0 Å². The highest BCUT2D eigenvalue weighted by molar-refractivity contribution is 7.99. The Kier molecular flexibility index (Phi) is 5.45. The molecule has 8 heteroatoms. The highest BCUT2D eigenvalue weighted by Gasteiger charge is 2.22. The van der Waals surface area contributed by atoms with Crippen molar-refractivity contribution >= 4 is 28.7 Å². The minimum Gasteiger partial charge on any atom is -0.342 e. The van der Waals surface area contributed by atoms with E-state index in [4.69, 9.17) is 5.41 Å². The van der Waals surface area contributed by atoms with E-state index in [1.54, 1.807) is 0 Å². The molecule has 1 saturated heterocycles. The van der Waals surface area contributed by atoms with Crippen LogP contribution in [-0.4, -0.2) is 49.4 Å². The number of amides is 1. The third-order valence-electron chi connectivity index (χ3n) is 5.50. The van der Waals surface area contributed by atoms with Gasteiger partial charge in [-0.15, -0.1) is 0 Å². The number of rotatable bonds is 4. The van der Waals surface area contributed by atoms with Gasteiger partial charge in [0.1, 0.15) is 5.49 Å². The lowest BCUT2D eigenvalue weighted by Gasteiger charge is -2.30. The first-order valence-electron chi connectivity index (χ1n) is 9.94. The van der Waals surface area contributed by atoms with Gasteiger partial charge in [0.2, 0.25) is 5.91 Å². The van der Waals surface area contributed by atoms with Crippen LogP contribution in [0.3, 0.4) is 0 Å². The van der Waals surface area contributed by atoms with Gasteiger partial charge in [-0.25, -0.2) is 4.98 Å². The van der Waals surface area contributed by atoms with Gasteiger partial charge in [-0.05, 0) is 50.3 Å². The molecule has 152 valence electrons. The van der Waals surface area contributed by atoms with Gasteiger partial charge in [0, 0.05) is 24.5 Å². The number of nitrogens with zero attached hydrogens (tertiary/aromatic N) is 4. The number of aromatic nitrogens is 4. The molecule has 1 aliphatic heterocycles. The van der Waals surface area contributed by atoms with E-state index in [0.717, 1.165) is 42.9 Å². The number of likely N-dealkylation sites (tertiary alicyclic amines) is 1. The number of hydrogen-bond acceptors (Lipinski definition) is 5. The van der Waals surface area contributed by atoms with E-state index in [0.29, 0.717) is 33.3 Å². The molecule has 0 spiro atoms. The molecular weight excluding hydrogens is 384 g/mol. The van der Waals surface area contributed by atoms with Crippen molar-refractivity contribution in [2.24, 2.45) is 5.92 Å².